The molecule has 0 bridgehead atoms. The molecule has 0 unspecified atom stereocenters. The molecule has 0 amide bonds. The van der Waals surface area contributed by atoms with Gasteiger partial charge in [-0.3, -0.25) is 4.72 Å². The van der Waals surface area contributed by atoms with Crippen LogP contribution in [-0.2, 0) is 10.0 Å². The second-order valence-corrected chi connectivity index (χ2v) is 6.53. The zero-order chi connectivity index (χ0) is 15.7. The Hall–Kier alpha value is -2.54. The monoisotopic (exact) mass is 318 g/mol. The normalized spacial score (nSPS) is 11.5. The minimum Gasteiger partial charge on any atom is -0.456 e. The summed E-state index contributed by atoms with van der Waals surface area (Å²) in [5, 5.41) is 3.58. The fraction of sp³-hybridized carbons (Fsp3) is 0.133. The van der Waals surface area contributed by atoms with Crippen LogP contribution in [0.25, 0.3) is 11.5 Å². The molecule has 3 aromatic rings. The van der Waals surface area contributed by atoms with E-state index < -0.39 is 10.0 Å². The molecule has 0 saturated heterocycles. The molecule has 2 aromatic heterocycles. The van der Waals surface area contributed by atoms with Crippen molar-refractivity contribution in [1.82, 2.24) is 5.16 Å². The Labute approximate surface area is 127 Å². The zero-order valence-electron chi connectivity index (χ0n) is 12.0. The Balaban J connectivity index is 1.96. The number of anilines is 1. The van der Waals surface area contributed by atoms with E-state index in [-0.39, 0.29) is 10.7 Å². The van der Waals surface area contributed by atoms with Gasteiger partial charge in [0.15, 0.2) is 5.76 Å². The summed E-state index contributed by atoms with van der Waals surface area (Å²) >= 11 is 0. The largest absolute Gasteiger partial charge is 0.456 e. The zero-order valence-corrected chi connectivity index (χ0v) is 12.8. The maximum atomic E-state index is 12.5. The highest BCUT2D eigenvalue weighted by Crippen LogP contribution is 2.29. The molecule has 0 aliphatic rings. The fourth-order valence-corrected chi connectivity index (χ4v) is 3.34. The fourth-order valence-electron chi connectivity index (χ4n) is 2.12. The van der Waals surface area contributed by atoms with Gasteiger partial charge in [0.25, 0.3) is 10.0 Å². The molecule has 3 rings (SSSR count). The lowest BCUT2D eigenvalue weighted by Crippen LogP contribution is -2.13. The van der Waals surface area contributed by atoms with Gasteiger partial charge in [-0.15, -0.1) is 0 Å². The summed E-state index contributed by atoms with van der Waals surface area (Å²) in [4.78, 5) is 0.0698. The predicted octanol–water partition coefficient (Wildman–Crippen LogP) is 3.35. The third kappa shape index (κ3) is 2.75. The number of sulfonamides is 1. The van der Waals surface area contributed by atoms with Crippen molar-refractivity contribution < 1.29 is 17.4 Å². The first-order valence-corrected chi connectivity index (χ1v) is 8.05. The molecule has 7 heteroatoms. The summed E-state index contributed by atoms with van der Waals surface area (Å²) in [5.74, 6) is 0.978. The maximum Gasteiger partial charge on any atom is 0.265 e. The van der Waals surface area contributed by atoms with Gasteiger partial charge in [-0.2, -0.15) is 0 Å². The maximum absolute atomic E-state index is 12.5. The SMILES string of the molecule is Cc1cccc(NS(=O)(=O)c2cc(-c3ccno3)oc2C)c1. The molecule has 2 heterocycles. The summed E-state index contributed by atoms with van der Waals surface area (Å²) in [6.07, 6.45) is 1.46. The van der Waals surface area contributed by atoms with Crippen molar-refractivity contribution in [1.29, 1.82) is 0 Å². The van der Waals surface area contributed by atoms with Crippen molar-refractivity contribution >= 4 is 15.7 Å². The molecule has 0 aliphatic heterocycles. The molecule has 22 heavy (non-hydrogen) atoms. The first kappa shape index (κ1) is 14.4. The van der Waals surface area contributed by atoms with Gasteiger partial charge in [-0.05, 0) is 31.5 Å². The molecule has 0 spiro atoms. The van der Waals surface area contributed by atoms with Gasteiger partial charge in [0.05, 0.1) is 6.20 Å². The average molecular weight is 318 g/mol. The van der Waals surface area contributed by atoms with Crippen LogP contribution in [0.2, 0.25) is 0 Å². The van der Waals surface area contributed by atoms with Gasteiger partial charge in [-0.25, -0.2) is 8.42 Å². The Morgan fingerprint density at radius 2 is 1.91 bits per heavy atom. The standard InChI is InChI=1S/C15H14N2O4S/c1-10-4-3-5-12(8-10)17-22(18,19)15-9-14(20-11(15)2)13-6-7-16-21-13/h3-9,17H,1-2H3. The Kier molecular flexibility index (Phi) is 3.50. The van der Waals surface area contributed by atoms with Gasteiger partial charge < -0.3 is 8.94 Å². The van der Waals surface area contributed by atoms with E-state index >= 15 is 0 Å². The van der Waals surface area contributed by atoms with E-state index in [0.717, 1.165) is 5.56 Å². The number of rotatable bonds is 4. The van der Waals surface area contributed by atoms with E-state index in [1.807, 2.05) is 13.0 Å². The highest BCUT2D eigenvalue weighted by molar-refractivity contribution is 7.92. The van der Waals surface area contributed by atoms with E-state index in [9.17, 15) is 8.42 Å². The molecule has 0 saturated carbocycles. The van der Waals surface area contributed by atoms with E-state index in [0.29, 0.717) is 17.2 Å². The van der Waals surface area contributed by atoms with E-state index in [4.69, 9.17) is 8.94 Å². The lowest BCUT2D eigenvalue weighted by Gasteiger charge is -2.07. The van der Waals surface area contributed by atoms with Crippen molar-refractivity contribution in [3.63, 3.8) is 0 Å². The number of nitrogens with zero attached hydrogens (tertiary/aromatic N) is 1. The van der Waals surface area contributed by atoms with Crippen LogP contribution in [0.1, 0.15) is 11.3 Å². The van der Waals surface area contributed by atoms with E-state index in [1.165, 1.54) is 12.3 Å². The predicted molar refractivity (Wildman–Crippen MR) is 80.9 cm³/mol. The topological polar surface area (TPSA) is 85.3 Å². The van der Waals surface area contributed by atoms with Crippen molar-refractivity contribution in [2.75, 3.05) is 4.72 Å². The average Bonchev–Trinajstić information content (AvgIpc) is 3.07. The van der Waals surface area contributed by atoms with Crippen LogP contribution >= 0.6 is 0 Å². The first-order valence-electron chi connectivity index (χ1n) is 6.57. The molecule has 0 fully saturated rings. The van der Waals surface area contributed by atoms with Crippen molar-refractivity contribution in [3.8, 4) is 11.5 Å². The third-order valence-electron chi connectivity index (χ3n) is 3.11. The molecule has 0 atom stereocenters. The van der Waals surface area contributed by atoms with Gasteiger partial charge in [0, 0.05) is 17.8 Å². The molecule has 0 aliphatic carbocycles. The van der Waals surface area contributed by atoms with Crippen LogP contribution < -0.4 is 4.72 Å². The summed E-state index contributed by atoms with van der Waals surface area (Å²) in [6, 6.07) is 10.1. The number of hydrogen-bond acceptors (Lipinski definition) is 5. The molecular formula is C15H14N2O4S. The molecule has 1 aromatic carbocycles. The molecule has 1 N–H and O–H groups in total. The summed E-state index contributed by atoms with van der Waals surface area (Å²) in [5.41, 5.74) is 1.47. The number of benzene rings is 1. The minimum atomic E-state index is -3.74. The smallest absolute Gasteiger partial charge is 0.265 e. The lowest BCUT2D eigenvalue weighted by molar-refractivity contribution is 0.414. The van der Waals surface area contributed by atoms with Crippen molar-refractivity contribution in [2.24, 2.45) is 0 Å². The minimum absolute atomic E-state index is 0.0698. The van der Waals surface area contributed by atoms with Gasteiger partial charge >= 0.3 is 0 Å². The summed E-state index contributed by atoms with van der Waals surface area (Å²) < 4.78 is 38.0. The number of nitrogens with one attached hydrogen (secondary N) is 1. The van der Waals surface area contributed by atoms with Crippen LogP contribution in [0, 0.1) is 13.8 Å². The van der Waals surface area contributed by atoms with Crippen LogP contribution in [0.15, 0.2) is 56.4 Å². The van der Waals surface area contributed by atoms with E-state index in [2.05, 4.69) is 9.88 Å². The molecular weight excluding hydrogens is 304 g/mol. The summed E-state index contributed by atoms with van der Waals surface area (Å²) in [6.45, 7) is 3.48. The Bertz CT molecular complexity index is 896. The first-order chi connectivity index (χ1) is 10.5. The molecule has 114 valence electrons. The number of hydrogen-bond donors (Lipinski definition) is 1. The second-order valence-electron chi connectivity index (χ2n) is 4.88. The van der Waals surface area contributed by atoms with Crippen LogP contribution in [0.4, 0.5) is 5.69 Å². The Morgan fingerprint density at radius 3 is 2.59 bits per heavy atom. The third-order valence-corrected chi connectivity index (χ3v) is 4.60. The Morgan fingerprint density at radius 1 is 1.09 bits per heavy atom. The number of aryl methyl sites for hydroxylation is 2. The van der Waals surface area contributed by atoms with Gasteiger partial charge in [-0.1, -0.05) is 17.3 Å². The van der Waals surface area contributed by atoms with Crippen molar-refractivity contribution in [2.45, 2.75) is 18.7 Å². The lowest BCUT2D eigenvalue weighted by atomic mass is 10.2. The van der Waals surface area contributed by atoms with Crippen LogP contribution in [-0.4, -0.2) is 13.6 Å². The highest BCUT2D eigenvalue weighted by Gasteiger charge is 2.23. The quantitative estimate of drug-likeness (QED) is 0.797. The van der Waals surface area contributed by atoms with Gasteiger partial charge in [0.1, 0.15) is 10.7 Å². The molecule has 0 radical (unpaired) electrons. The van der Waals surface area contributed by atoms with Gasteiger partial charge in [0.2, 0.25) is 5.76 Å². The second kappa shape index (κ2) is 5.34. The van der Waals surface area contributed by atoms with E-state index in [1.54, 1.807) is 31.2 Å². The van der Waals surface area contributed by atoms with Crippen molar-refractivity contribution in [3.05, 3.63) is 53.9 Å². The van der Waals surface area contributed by atoms with Crippen LogP contribution in [0.3, 0.4) is 0 Å². The van der Waals surface area contributed by atoms with Crippen LogP contribution in [0.5, 0.6) is 0 Å². The number of furan rings is 1. The summed E-state index contributed by atoms with van der Waals surface area (Å²) in [7, 11) is -3.74. The highest BCUT2D eigenvalue weighted by atomic mass is 32.2. The molecule has 6 nitrogen and oxygen atoms in total. The number of aromatic nitrogens is 1.